The topological polar surface area (TPSA) is 92.3 Å². The number of carboxylic acids is 1. The van der Waals surface area contributed by atoms with Crippen molar-refractivity contribution in [2.24, 2.45) is 4.99 Å². The number of carbonyl (C=O) groups excluding carboxylic acids is 1. The fourth-order valence-corrected chi connectivity index (χ4v) is 4.52. The quantitative estimate of drug-likeness (QED) is 0.481. The molecule has 1 N–H and O–H groups in total. The minimum Gasteiger partial charge on any atom is -0.497 e. The molecule has 0 unspecified atom stereocenters. The summed E-state index contributed by atoms with van der Waals surface area (Å²) < 4.78 is 11.1. The molecule has 33 heavy (non-hydrogen) atoms. The number of ether oxygens (including phenoxy) is 1. The summed E-state index contributed by atoms with van der Waals surface area (Å²) >= 11 is 1.28. The first-order valence-corrected chi connectivity index (χ1v) is 11.1. The molecule has 0 bridgehead atoms. The van der Waals surface area contributed by atoms with E-state index in [-0.39, 0.29) is 11.5 Å². The van der Waals surface area contributed by atoms with Gasteiger partial charge in [-0.15, -0.1) is 0 Å². The molecule has 0 spiro atoms. The van der Waals surface area contributed by atoms with E-state index in [4.69, 9.17) is 9.15 Å². The van der Waals surface area contributed by atoms with Gasteiger partial charge in [0.15, 0.2) is 5.17 Å². The van der Waals surface area contributed by atoms with Gasteiger partial charge in [-0.25, -0.2) is 9.79 Å². The third-order valence-electron chi connectivity index (χ3n) is 5.23. The highest BCUT2D eigenvalue weighted by Crippen LogP contribution is 2.35. The Bertz CT molecular complexity index is 1270. The molecule has 1 fully saturated rings. The molecule has 0 radical (unpaired) electrons. The van der Waals surface area contributed by atoms with E-state index >= 15 is 0 Å². The maximum Gasteiger partial charge on any atom is 0.335 e. The number of furan rings is 1. The molecule has 1 amide bonds. The van der Waals surface area contributed by atoms with E-state index in [0.717, 1.165) is 11.4 Å². The van der Waals surface area contributed by atoms with Crippen molar-refractivity contribution < 1.29 is 23.8 Å². The molecule has 0 atom stereocenters. The Hall–Kier alpha value is -3.78. The van der Waals surface area contributed by atoms with Gasteiger partial charge in [0.1, 0.15) is 17.3 Å². The van der Waals surface area contributed by atoms with Crippen LogP contribution in [0.25, 0.3) is 17.4 Å². The Kier molecular flexibility index (Phi) is 6.37. The van der Waals surface area contributed by atoms with E-state index in [2.05, 4.69) is 4.99 Å². The maximum atomic E-state index is 12.9. The lowest BCUT2D eigenvalue weighted by molar-refractivity contribution is -0.122. The number of aromatic carboxylic acids is 1. The second-order valence-electron chi connectivity index (χ2n) is 7.24. The fourth-order valence-electron chi connectivity index (χ4n) is 3.48. The molecule has 8 heteroatoms. The maximum absolute atomic E-state index is 12.9. The van der Waals surface area contributed by atoms with Crippen molar-refractivity contribution in [2.45, 2.75) is 13.8 Å². The van der Waals surface area contributed by atoms with Gasteiger partial charge in [-0.3, -0.25) is 9.69 Å². The first kappa shape index (κ1) is 22.4. The summed E-state index contributed by atoms with van der Waals surface area (Å²) in [6, 6.07) is 15.9. The molecule has 1 aromatic heterocycles. The summed E-state index contributed by atoms with van der Waals surface area (Å²) in [5.41, 5.74) is 2.26. The van der Waals surface area contributed by atoms with Gasteiger partial charge in [0.05, 0.1) is 23.3 Å². The van der Waals surface area contributed by atoms with E-state index < -0.39 is 5.97 Å². The number of rotatable bonds is 6. The summed E-state index contributed by atoms with van der Waals surface area (Å²) in [7, 11) is 1.60. The number of likely N-dealkylation sites (N-methyl/N-ethyl adjacent to an activating group) is 1. The zero-order chi connectivity index (χ0) is 23.5. The van der Waals surface area contributed by atoms with Gasteiger partial charge in [-0.05, 0) is 73.6 Å². The number of hydrogen-bond donors (Lipinski definition) is 1. The Morgan fingerprint density at radius 2 is 1.94 bits per heavy atom. The Morgan fingerprint density at radius 3 is 2.61 bits per heavy atom. The molecular weight excluding hydrogens is 440 g/mol. The Labute approximate surface area is 195 Å². The van der Waals surface area contributed by atoms with Gasteiger partial charge in [0, 0.05) is 18.2 Å². The third-order valence-corrected chi connectivity index (χ3v) is 6.24. The molecule has 7 nitrogen and oxygen atoms in total. The van der Waals surface area contributed by atoms with E-state index in [1.54, 1.807) is 49.3 Å². The smallest absolute Gasteiger partial charge is 0.335 e. The van der Waals surface area contributed by atoms with Crippen molar-refractivity contribution in [1.29, 1.82) is 0 Å². The van der Waals surface area contributed by atoms with Crippen molar-refractivity contribution in [1.82, 2.24) is 4.90 Å². The highest BCUT2D eigenvalue weighted by atomic mass is 32.2. The number of amidine groups is 1. The van der Waals surface area contributed by atoms with Crippen LogP contribution in [0.1, 0.15) is 28.6 Å². The van der Waals surface area contributed by atoms with Crippen LogP contribution in [0.5, 0.6) is 5.75 Å². The van der Waals surface area contributed by atoms with Crippen LogP contribution in [0.4, 0.5) is 5.69 Å². The summed E-state index contributed by atoms with van der Waals surface area (Å²) in [4.78, 5) is 31.1. The number of hydrogen-bond acceptors (Lipinski definition) is 6. The van der Waals surface area contributed by atoms with Crippen molar-refractivity contribution in [3.63, 3.8) is 0 Å². The van der Waals surface area contributed by atoms with Crippen LogP contribution in [0.15, 0.2) is 68.9 Å². The number of carbonyl (C=O) groups is 2. The number of benzene rings is 2. The lowest BCUT2D eigenvalue weighted by atomic mass is 10.0. The third kappa shape index (κ3) is 4.56. The molecule has 3 aromatic rings. The average molecular weight is 463 g/mol. The van der Waals surface area contributed by atoms with Crippen molar-refractivity contribution in [3.8, 4) is 17.1 Å². The number of amides is 1. The van der Waals surface area contributed by atoms with Crippen molar-refractivity contribution in [2.75, 3.05) is 13.7 Å². The number of carboxylic acid groups (broad SMARTS) is 1. The largest absolute Gasteiger partial charge is 0.497 e. The summed E-state index contributed by atoms with van der Waals surface area (Å²) in [5.74, 6) is 0.649. The van der Waals surface area contributed by atoms with Crippen LogP contribution < -0.4 is 4.74 Å². The molecule has 168 valence electrons. The number of nitrogens with zero attached hydrogens (tertiary/aromatic N) is 2. The normalized spacial score (nSPS) is 16.1. The standard InChI is InChI=1S/C25H22N2O5S/c1-4-27-23(28)22(33-25(27)26-16-8-10-17(31-3)11-9-16)14-18-12-13-21(32-18)19-6-5-7-20(15(19)2)24(29)30/h5-14H,4H2,1-3H3,(H,29,30)/b22-14+,26-25?. The SMILES string of the molecule is CCN1C(=O)/C(=C\c2ccc(-c3cccc(C(=O)O)c3C)o2)SC1=Nc1ccc(OC)cc1. The molecule has 2 heterocycles. The van der Waals surface area contributed by atoms with Crippen LogP contribution in [-0.4, -0.2) is 40.7 Å². The summed E-state index contributed by atoms with van der Waals surface area (Å²) in [6.07, 6.45) is 1.69. The average Bonchev–Trinajstić information content (AvgIpc) is 3.38. The lowest BCUT2D eigenvalue weighted by Gasteiger charge is -2.12. The first-order chi connectivity index (χ1) is 15.9. The van der Waals surface area contributed by atoms with Gasteiger partial charge in [-0.1, -0.05) is 12.1 Å². The van der Waals surface area contributed by atoms with Crippen LogP contribution >= 0.6 is 11.8 Å². The number of aliphatic imine (C=N–C) groups is 1. The molecule has 1 saturated heterocycles. The zero-order valence-electron chi connectivity index (χ0n) is 18.4. The Morgan fingerprint density at radius 1 is 1.18 bits per heavy atom. The van der Waals surface area contributed by atoms with Gasteiger partial charge >= 0.3 is 5.97 Å². The first-order valence-electron chi connectivity index (χ1n) is 10.3. The second-order valence-corrected chi connectivity index (χ2v) is 8.25. The molecule has 1 aliphatic heterocycles. The summed E-state index contributed by atoms with van der Waals surface area (Å²) in [6.45, 7) is 4.13. The van der Waals surface area contributed by atoms with Gasteiger partial charge in [-0.2, -0.15) is 0 Å². The highest BCUT2D eigenvalue weighted by molar-refractivity contribution is 8.18. The monoisotopic (exact) mass is 462 g/mol. The molecular formula is C25H22N2O5S. The van der Waals surface area contributed by atoms with E-state index in [1.165, 1.54) is 11.8 Å². The second kappa shape index (κ2) is 9.38. The van der Waals surface area contributed by atoms with E-state index in [0.29, 0.717) is 39.3 Å². The van der Waals surface area contributed by atoms with Crippen molar-refractivity contribution >= 4 is 40.6 Å². The molecule has 4 rings (SSSR count). The van der Waals surface area contributed by atoms with E-state index in [1.807, 2.05) is 37.3 Å². The van der Waals surface area contributed by atoms with Gasteiger partial charge in [0.2, 0.25) is 0 Å². The van der Waals surface area contributed by atoms with Crippen molar-refractivity contribution in [3.05, 3.63) is 76.4 Å². The van der Waals surface area contributed by atoms with Crippen LogP contribution in [0.2, 0.25) is 0 Å². The molecule has 0 saturated carbocycles. The Balaban J connectivity index is 1.62. The predicted octanol–water partition coefficient (Wildman–Crippen LogP) is 5.59. The fraction of sp³-hybridized carbons (Fsp3) is 0.160. The predicted molar refractivity (Wildman–Crippen MR) is 129 cm³/mol. The van der Waals surface area contributed by atoms with Gasteiger partial charge in [0.25, 0.3) is 5.91 Å². The molecule has 1 aliphatic rings. The van der Waals surface area contributed by atoms with Crippen LogP contribution in [0, 0.1) is 6.92 Å². The van der Waals surface area contributed by atoms with Gasteiger partial charge < -0.3 is 14.3 Å². The minimum absolute atomic E-state index is 0.142. The summed E-state index contributed by atoms with van der Waals surface area (Å²) in [5, 5.41) is 9.96. The lowest BCUT2D eigenvalue weighted by Crippen LogP contribution is -2.28. The van der Waals surface area contributed by atoms with Crippen LogP contribution in [-0.2, 0) is 4.79 Å². The van der Waals surface area contributed by atoms with Crippen LogP contribution in [0.3, 0.4) is 0 Å². The highest BCUT2D eigenvalue weighted by Gasteiger charge is 2.32. The minimum atomic E-state index is -0.987. The molecule has 0 aliphatic carbocycles. The number of thioether (sulfide) groups is 1. The van der Waals surface area contributed by atoms with E-state index in [9.17, 15) is 14.7 Å². The molecule has 2 aromatic carbocycles. The number of methoxy groups -OCH3 is 1. The zero-order valence-corrected chi connectivity index (χ0v) is 19.2.